The van der Waals surface area contributed by atoms with Gasteiger partial charge in [0.2, 0.25) is 0 Å². The number of nitrogens with zero attached hydrogens (tertiary/aromatic N) is 3. The van der Waals surface area contributed by atoms with Crippen molar-refractivity contribution < 1.29 is 14.1 Å². The Bertz CT molecular complexity index is 554. The molecule has 23 heavy (non-hydrogen) atoms. The van der Waals surface area contributed by atoms with E-state index in [1.807, 2.05) is 13.8 Å². The zero-order chi connectivity index (χ0) is 16.6. The third kappa shape index (κ3) is 3.28. The molecule has 6 heteroatoms. The molecule has 3 heterocycles. The van der Waals surface area contributed by atoms with Gasteiger partial charge in [-0.1, -0.05) is 5.16 Å². The fourth-order valence-electron chi connectivity index (χ4n) is 3.71. The number of likely N-dealkylation sites (tertiary alicyclic amines) is 1. The van der Waals surface area contributed by atoms with Crippen molar-refractivity contribution in [3.05, 3.63) is 17.0 Å². The largest absolute Gasteiger partial charge is 0.362 e. The number of carbonyl (C=O) groups is 1. The first-order valence-corrected chi connectivity index (χ1v) is 8.43. The highest BCUT2D eigenvalue weighted by molar-refractivity contribution is 5.80. The van der Waals surface area contributed by atoms with Crippen LogP contribution in [-0.4, -0.2) is 59.8 Å². The lowest BCUT2D eigenvalue weighted by atomic mass is 9.88. The van der Waals surface area contributed by atoms with Crippen LogP contribution in [0, 0.1) is 13.8 Å². The lowest BCUT2D eigenvalue weighted by Gasteiger charge is -2.39. The van der Waals surface area contributed by atoms with E-state index in [9.17, 15) is 4.79 Å². The van der Waals surface area contributed by atoms with Gasteiger partial charge in [-0.25, -0.2) is 0 Å². The molecule has 1 amide bonds. The smallest absolute Gasteiger partial charge is 0.251 e. The van der Waals surface area contributed by atoms with Gasteiger partial charge in [-0.3, -0.25) is 9.69 Å². The van der Waals surface area contributed by atoms with Crippen LogP contribution in [0.3, 0.4) is 0 Å². The van der Waals surface area contributed by atoms with E-state index in [1.54, 1.807) is 19.0 Å². The maximum atomic E-state index is 12.1. The first-order valence-electron chi connectivity index (χ1n) is 8.43. The summed E-state index contributed by atoms with van der Waals surface area (Å²) in [7, 11) is 3.59. The molecule has 2 aliphatic heterocycles. The van der Waals surface area contributed by atoms with Crippen molar-refractivity contribution in [1.82, 2.24) is 15.0 Å². The minimum atomic E-state index is -0.251. The van der Waals surface area contributed by atoms with Gasteiger partial charge in [-0.2, -0.15) is 0 Å². The van der Waals surface area contributed by atoms with Gasteiger partial charge in [0.15, 0.2) is 0 Å². The summed E-state index contributed by atoms with van der Waals surface area (Å²) in [6, 6.07) is 0. The van der Waals surface area contributed by atoms with Crippen molar-refractivity contribution in [2.75, 3.05) is 27.2 Å². The number of aromatic nitrogens is 1. The molecule has 1 aromatic heterocycles. The molecule has 1 spiro atoms. The number of hydrogen-bond acceptors (Lipinski definition) is 5. The van der Waals surface area contributed by atoms with Gasteiger partial charge in [0.05, 0.1) is 11.3 Å². The molecule has 0 radical (unpaired) electrons. The molecule has 0 aromatic carbocycles. The summed E-state index contributed by atoms with van der Waals surface area (Å²) in [5.74, 6) is 1.01. The van der Waals surface area contributed by atoms with E-state index in [-0.39, 0.29) is 17.6 Å². The molecule has 2 fully saturated rings. The number of amides is 1. The Morgan fingerprint density at radius 1 is 1.30 bits per heavy atom. The molecular weight excluding hydrogens is 294 g/mol. The second-order valence-corrected chi connectivity index (χ2v) is 7.14. The van der Waals surface area contributed by atoms with Crippen LogP contribution in [-0.2, 0) is 16.1 Å². The van der Waals surface area contributed by atoms with Crippen molar-refractivity contribution in [2.24, 2.45) is 0 Å². The number of likely N-dealkylation sites (N-methyl/N-ethyl adjacent to an activating group) is 1. The van der Waals surface area contributed by atoms with E-state index < -0.39 is 0 Å². The Morgan fingerprint density at radius 2 is 2.00 bits per heavy atom. The normalized spacial score (nSPS) is 24.3. The van der Waals surface area contributed by atoms with Crippen LogP contribution in [0.15, 0.2) is 4.52 Å². The second-order valence-electron chi connectivity index (χ2n) is 7.14. The first-order chi connectivity index (χ1) is 10.9. The quantitative estimate of drug-likeness (QED) is 0.851. The predicted molar refractivity (Wildman–Crippen MR) is 86.0 cm³/mol. The third-order valence-corrected chi connectivity index (χ3v) is 5.30. The maximum absolute atomic E-state index is 12.1. The van der Waals surface area contributed by atoms with Crippen LogP contribution < -0.4 is 0 Å². The Labute approximate surface area is 137 Å². The average molecular weight is 321 g/mol. The van der Waals surface area contributed by atoms with Gasteiger partial charge in [-0.15, -0.1) is 0 Å². The van der Waals surface area contributed by atoms with E-state index in [2.05, 4.69) is 10.1 Å². The predicted octanol–water partition coefficient (Wildman–Crippen LogP) is 1.89. The van der Waals surface area contributed by atoms with Crippen LogP contribution in [0.2, 0.25) is 0 Å². The van der Waals surface area contributed by atoms with Crippen LogP contribution in [0.25, 0.3) is 0 Å². The molecule has 1 atom stereocenters. The standard InChI is InChI=1S/C17H27N3O3/c1-12-14(13(2)23-18-12)11-20-9-7-17(8-10-20)6-5-15(22-17)16(21)19(3)4/h15H,5-11H2,1-4H3. The number of hydrogen-bond donors (Lipinski definition) is 0. The van der Waals surface area contributed by atoms with Crippen molar-refractivity contribution in [3.63, 3.8) is 0 Å². The highest BCUT2D eigenvalue weighted by Crippen LogP contribution is 2.39. The fourth-order valence-corrected chi connectivity index (χ4v) is 3.71. The summed E-state index contributed by atoms with van der Waals surface area (Å²) in [5.41, 5.74) is 2.09. The summed E-state index contributed by atoms with van der Waals surface area (Å²) < 4.78 is 11.4. The van der Waals surface area contributed by atoms with Gasteiger partial charge in [0.1, 0.15) is 11.9 Å². The van der Waals surface area contributed by atoms with Gasteiger partial charge in [0.25, 0.3) is 5.91 Å². The molecule has 128 valence electrons. The van der Waals surface area contributed by atoms with Crippen LogP contribution in [0.4, 0.5) is 0 Å². The van der Waals surface area contributed by atoms with Gasteiger partial charge >= 0.3 is 0 Å². The summed E-state index contributed by atoms with van der Waals surface area (Å²) in [6.07, 6.45) is 3.58. The zero-order valence-corrected chi connectivity index (χ0v) is 14.6. The van der Waals surface area contributed by atoms with Gasteiger partial charge in [-0.05, 0) is 39.5 Å². The Balaban J connectivity index is 1.56. The van der Waals surface area contributed by atoms with Crippen LogP contribution in [0.5, 0.6) is 0 Å². The highest BCUT2D eigenvalue weighted by atomic mass is 16.5. The van der Waals surface area contributed by atoms with Crippen molar-refractivity contribution in [1.29, 1.82) is 0 Å². The number of carbonyl (C=O) groups excluding carboxylic acids is 1. The molecule has 1 aromatic rings. The Kier molecular flexibility index (Phi) is 4.47. The zero-order valence-electron chi connectivity index (χ0n) is 14.6. The molecule has 0 bridgehead atoms. The summed E-state index contributed by atoms with van der Waals surface area (Å²) in [5, 5.41) is 4.03. The summed E-state index contributed by atoms with van der Waals surface area (Å²) in [4.78, 5) is 16.2. The van der Waals surface area contributed by atoms with E-state index in [4.69, 9.17) is 9.26 Å². The topological polar surface area (TPSA) is 58.8 Å². The minimum absolute atomic E-state index is 0.0917. The van der Waals surface area contributed by atoms with Crippen molar-refractivity contribution in [2.45, 2.75) is 57.8 Å². The number of ether oxygens (including phenoxy) is 1. The lowest BCUT2D eigenvalue weighted by molar-refractivity contribution is -0.148. The third-order valence-electron chi connectivity index (χ3n) is 5.30. The van der Waals surface area contributed by atoms with Crippen LogP contribution in [0.1, 0.15) is 42.7 Å². The SMILES string of the molecule is Cc1noc(C)c1CN1CCC2(CCC(C(=O)N(C)C)O2)CC1. The van der Waals surface area contributed by atoms with E-state index >= 15 is 0 Å². The molecule has 2 aliphatic rings. The molecule has 0 aliphatic carbocycles. The Hall–Kier alpha value is -1.40. The first kappa shape index (κ1) is 16.5. The molecule has 0 N–H and O–H groups in total. The summed E-state index contributed by atoms with van der Waals surface area (Å²) in [6.45, 7) is 6.84. The molecule has 1 unspecified atom stereocenters. The maximum Gasteiger partial charge on any atom is 0.251 e. The molecule has 2 saturated heterocycles. The number of aryl methyl sites for hydroxylation is 2. The van der Waals surface area contributed by atoms with E-state index in [0.29, 0.717) is 0 Å². The Morgan fingerprint density at radius 3 is 2.57 bits per heavy atom. The lowest BCUT2D eigenvalue weighted by Crippen LogP contribution is -2.45. The van der Waals surface area contributed by atoms with Gasteiger partial charge in [0, 0.05) is 39.3 Å². The highest BCUT2D eigenvalue weighted by Gasteiger charge is 2.45. The monoisotopic (exact) mass is 321 g/mol. The molecule has 6 nitrogen and oxygen atoms in total. The van der Waals surface area contributed by atoms with E-state index in [0.717, 1.165) is 56.8 Å². The average Bonchev–Trinajstić information content (AvgIpc) is 3.07. The molecular formula is C17H27N3O3. The molecule has 3 rings (SSSR count). The number of rotatable bonds is 3. The second kappa shape index (κ2) is 6.24. The minimum Gasteiger partial charge on any atom is -0.362 e. The fraction of sp³-hybridized carbons (Fsp3) is 0.765. The molecule has 0 saturated carbocycles. The van der Waals surface area contributed by atoms with Crippen molar-refractivity contribution >= 4 is 5.91 Å². The number of piperidine rings is 1. The summed E-state index contributed by atoms with van der Waals surface area (Å²) >= 11 is 0. The van der Waals surface area contributed by atoms with Crippen molar-refractivity contribution in [3.8, 4) is 0 Å². The van der Waals surface area contributed by atoms with Gasteiger partial charge < -0.3 is 14.2 Å². The van der Waals surface area contributed by atoms with E-state index in [1.165, 1.54) is 5.56 Å². The van der Waals surface area contributed by atoms with Crippen LogP contribution >= 0.6 is 0 Å².